The zero-order chi connectivity index (χ0) is 14.1. The van der Waals surface area contributed by atoms with Crippen LogP contribution < -0.4 is 4.90 Å². The van der Waals surface area contributed by atoms with Crippen molar-refractivity contribution in [3.63, 3.8) is 0 Å². The van der Waals surface area contributed by atoms with Gasteiger partial charge in [0.05, 0.1) is 11.4 Å². The zero-order valence-corrected chi connectivity index (χ0v) is 13.0. The molecule has 0 aromatic heterocycles. The first-order valence-corrected chi connectivity index (χ1v) is 7.78. The maximum absolute atomic E-state index is 2.47. The van der Waals surface area contributed by atoms with E-state index in [0.717, 1.165) is 6.54 Å². The normalized spacial score (nSPS) is 14.9. The number of hydrogen-bond acceptors (Lipinski definition) is 3. The number of nitrogens with zero attached hydrogens (tertiary/aromatic N) is 2. The molecule has 1 aliphatic heterocycles. The van der Waals surface area contributed by atoms with Gasteiger partial charge < -0.3 is 9.80 Å². The molecule has 3 heteroatoms. The SMILES string of the molecule is C[C@H](CN(C)C)N1c2ccccc2Sc2ccccc21. The molecule has 104 valence electrons. The average molecular weight is 284 g/mol. The molecule has 0 spiro atoms. The minimum absolute atomic E-state index is 0.438. The second kappa shape index (κ2) is 5.51. The van der Waals surface area contributed by atoms with Crippen molar-refractivity contribution in [2.45, 2.75) is 22.8 Å². The van der Waals surface area contributed by atoms with Crippen LogP contribution in [0.25, 0.3) is 0 Å². The van der Waals surface area contributed by atoms with E-state index in [-0.39, 0.29) is 0 Å². The maximum atomic E-state index is 2.47. The van der Waals surface area contributed by atoms with Crippen LogP contribution in [0.15, 0.2) is 58.3 Å². The molecule has 0 aliphatic carbocycles. The van der Waals surface area contributed by atoms with Crippen molar-refractivity contribution in [1.82, 2.24) is 4.90 Å². The van der Waals surface area contributed by atoms with Crippen LogP contribution in [0.2, 0.25) is 0 Å². The number of fused-ring (bicyclic) bond motifs is 2. The molecule has 1 aliphatic rings. The van der Waals surface area contributed by atoms with E-state index in [2.05, 4.69) is 79.3 Å². The highest BCUT2D eigenvalue weighted by Gasteiger charge is 2.26. The molecule has 20 heavy (non-hydrogen) atoms. The third-order valence-corrected chi connectivity index (χ3v) is 4.67. The van der Waals surface area contributed by atoms with Gasteiger partial charge >= 0.3 is 0 Å². The fourth-order valence-electron chi connectivity index (χ4n) is 2.82. The van der Waals surface area contributed by atoms with E-state index >= 15 is 0 Å². The van der Waals surface area contributed by atoms with Crippen LogP contribution >= 0.6 is 11.8 Å². The molecule has 0 saturated heterocycles. The molecular weight excluding hydrogens is 264 g/mol. The summed E-state index contributed by atoms with van der Waals surface area (Å²) >= 11 is 1.87. The molecule has 1 atom stereocenters. The number of anilines is 2. The highest BCUT2D eigenvalue weighted by Crippen LogP contribution is 2.48. The lowest BCUT2D eigenvalue weighted by atomic mass is 10.1. The van der Waals surface area contributed by atoms with E-state index in [9.17, 15) is 0 Å². The van der Waals surface area contributed by atoms with Crippen LogP contribution in [0.4, 0.5) is 11.4 Å². The Morgan fingerprint density at radius 3 is 1.95 bits per heavy atom. The predicted molar refractivity (Wildman–Crippen MR) is 87.2 cm³/mol. The molecule has 2 aromatic carbocycles. The van der Waals surface area contributed by atoms with Gasteiger partial charge in [0.1, 0.15) is 0 Å². The quantitative estimate of drug-likeness (QED) is 0.832. The summed E-state index contributed by atoms with van der Waals surface area (Å²) in [6, 6.07) is 17.8. The van der Waals surface area contributed by atoms with E-state index < -0.39 is 0 Å². The maximum Gasteiger partial charge on any atom is 0.0555 e. The molecule has 0 saturated carbocycles. The second-order valence-corrected chi connectivity index (χ2v) is 6.60. The van der Waals surface area contributed by atoms with Crippen LogP contribution in [-0.2, 0) is 0 Å². The van der Waals surface area contributed by atoms with Gasteiger partial charge in [-0.05, 0) is 45.3 Å². The first-order chi connectivity index (χ1) is 9.66. The molecule has 0 unspecified atom stereocenters. The summed E-state index contributed by atoms with van der Waals surface area (Å²) in [6.07, 6.45) is 0. The number of hydrogen-bond donors (Lipinski definition) is 0. The molecule has 1 heterocycles. The minimum Gasteiger partial charge on any atom is -0.335 e. The summed E-state index contributed by atoms with van der Waals surface area (Å²) in [5.74, 6) is 0. The van der Waals surface area contributed by atoms with Gasteiger partial charge in [-0.15, -0.1) is 0 Å². The van der Waals surface area contributed by atoms with Crippen molar-refractivity contribution >= 4 is 23.1 Å². The largest absolute Gasteiger partial charge is 0.335 e. The fraction of sp³-hybridized carbons (Fsp3) is 0.294. The third kappa shape index (κ3) is 2.43. The van der Waals surface area contributed by atoms with Gasteiger partial charge in [-0.2, -0.15) is 0 Å². The number of likely N-dealkylation sites (N-methyl/N-ethyl adjacent to an activating group) is 1. The molecule has 0 radical (unpaired) electrons. The van der Waals surface area contributed by atoms with Gasteiger partial charge in [-0.1, -0.05) is 36.0 Å². The molecule has 0 amide bonds. The van der Waals surface area contributed by atoms with Crippen molar-refractivity contribution < 1.29 is 0 Å². The Morgan fingerprint density at radius 2 is 1.45 bits per heavy atom. The highest BCUT2D eigenvalue weighted by atomic mass is 32.2. The lowest BCUT2D eigenvalue weighted by Crippen LogP contribution is -2.38. The second-order valence-electron chi connectivity index (χ2n) is 5.52. The first-order valence-electron chi connectivity index (χ1n) is 6.96. The Balaban J connectivity index is 2.07. The third-order valence-electron chi connectivity index (χ3n) is 3.54. The first kappa shape index (κ1) is 13.5. The van der Waals surface area contributed by atoms with Crippen molar-refractivity contribution in [2.24, 2.45) is 0 Å². The van der Waals surface area contributed by atoms with Crippen LogP contribution in [0.3, 0.4) is 0 Å². The van der Waals surface area contributed by atoms with Crippen LogP contribution in [-0.4, -0.2) is 31.6 Å². The standard InChI is InChI=1S/C17H20N2S/c1-13(12-18(2)3)19-14-8-4-6-10-16(14)20-17-11-7-5-9-15(17)19/h4-11,13H,12H2,1-3H3/t13-/m1/s1. The van der Waals surface area contributed by atoms with Crippen molar-refractivity contribution in [3.8, 4) is 0 Å². The zero-order valence-electron chi connectivity index (χ0n) is 12.2. The average Bonchev–Trinajstić information content (AvgIpc) is 2.43. The Morgan fingerprint density at radius 1 is 0.950 bits per heavy atom. The highest BCUT2D eigenvalue weighted by molar-refractivity contribution is 7.99. The molecule has 0 N–H and O–H groups in total. The lowest BCUT2D eigenvalue weighted by Gasteiger charge is -2.38. The fourth-order valence-corrected chi connectivity index (χ4v) is 3.89. The Bertz CT molecular complexity index is 564. The number of para-hydroxylation sites is 2. The molecule has 2 nitrogen and oxygen atoms in total. The van der Waals surface area contributed by atoms with Crippen molar-refractivity contribution in [1.29, 1.82) is 0 Å². The smallest absolute Gasteiger partial charge is 0.0555 e. The summed E-state index contributed by atoms with van der Waals surface area (Å²) in [7, 11) is 4.26. The summed E-state index contributed by atoms with van der Waals surface area (Å²) in [5, 5.41) is 0. The number of benzene rings is 2. The van der Waals surface area contributed by atoms with Crippen LogP contribution in [0, 0.1) is 0 Å². The Labute approximate surface area is 125 Å². The molecule has 0 fully saturated rings. The van der Waals surface area contributed by atoms with E-state index in [1.54, 1.807) is 0 Å². The van der Waals surface area contributed by atoms with Crippen LogP contribution in [0.5, 0.6) is 0 Å². The van der Waals surface area contributed by atoms with E-state index in [0.29, 0.717) is 6.04 Å². The number of rotatable bonds is 3. The minimum atomic E-state index is 0.438. The van der Waals surface area contributed by atoms with E-state index in [1.807, 2.05) is 11.8 Å². The van der Waals surface area contributed by atoms with Crippen LogP contribution in [0.1, 0.15) is 6.92 Å². The van der Waals surface area contributed by atoms with Gasteiger partial charge in [0, 0.05) is 22.4 Å². The predicted octanol–water partition coefficient (Wildman–Crippen LogP) is 4.24. The van der Waals surface area contributed by atoms with Gasteiger partial charge in [-0.3, -0.25) is 0 Å². The van der Waals surface area contributed by atoms with Gasteiger partial charge in [-0.25, -0.2) is 0 Å². The van der Waals surface area contributed by atoms with Gasteiger partial charge in [0.2, 0.25) is 0 Å². The summed E-state index contributed by atoms with van der Waals surface area (Å²) in [6.45, 7) is 3.33. The molecular formula is C17H20N2S. The monoisotopic (exact) mass is 284 g/mol. The topological polar surface area (TPSA) is 6.48 Å². The van der Waals surface area contributed by atoms with Crippen molar-refractivity contribution in [2.75, 3.05) is 25.5 Å². The molecule has 0 bridgehead atoms. The van der Waals surface area contributed by atoms with Gasteiger partial charge in [0.25, 0.3) is 0 Å². The molecule has 3 rings (SSSR count). The van der Waals surface area contributed by atoms with E-state index in [1.165, 1.54) is 21.2 Å². The summed E-state index contributed by atoms with van der Waals surface area (Å²) in [4.78, 5) is 7.41. The molecule has 2 aromatic rings. The lowest BCUT2D eigenvalue weighted by molar-refractivity contribution is 0.380. The van der Waals surface area contributed by atoms with E-state index in [4.69, 9.17) is 0 Å². The summed E-state index contributed by atoms with van der Waals surface area (Å²) < 4.78 is 0. The van der Waals surface area contributed by atoms with Crippen molar-refractivity contribution in [3.05, 3.63) is 48.5 Å². The Kier molecular flexibility index (Phi) is 3.72. The summed E-state index contributed by atoms with van der Waals surface area (Å²) in [5.41, 5.74) is 2.65. The van der Waals surface area contributed by atoms with Gasteiger partial charge in [0.15, 0.2) is 0 Å². The Hall–Kier alpha value is -1.45.